The van der Waals surface area contributed by atoms with Gasteiger partial charge in [0.15, 0.2) is 18.7 Å². The Balaban J connectivity index is 1.09. The van der Waals surface area contributed by atoms with Gasteiger partial charge in [-0.05, 0) is 38.9 Å². The third-order valence-corrected chi connectivity index (χ3v) is 13.6. The van der Waals surface area contributed by atoms with Crippen molar-refractivity contribution >= 4 is 5.97 Å². The molecule has 2 saturated heterocycles. The molecule has 0 radical (unpaired) electrons. The molecular formula is C65H70O13. The van der Waals surface area contributed by atoms with E-state index in [2.05, 4.69) is 0 Å². The molecule has 13 nitrogen and oxygen atoms in total. The summed E-state index contributed by atoms with van der Waals surface area (Å²) in [4.78, 5) is 13.4. The topological polar surface area (TPSA) is 128 Å². The number of hydrogen-bond acceptors (Lipinski definition) is 13. The second kappa shape index (κ2) is 30.1. The number of rotatable bonds is 26. The molecule has 0 saturated carbocycles. The summed E-state index contributed by atoms with van der Waals surface area (Å²) in [6.45, 7) is 2.57. The van der Waals surface area contributed by atoms with Gasteiger partial charge in [-0.25, -0.2) is 0 Å². The van der Waals surface area contributed by atoms with E-state index in [1.165, 1.54) is 6.92 Å². The predicted octanol–water partition coefficient (Wildman–Crippen LogP) is 10.8. The molecule has 0 N–H and O–H groups in total. The standard InChI is InChI=1S/C65H70O13/c1-47(66)77-63-60(72-42-52-32-18-7-19-33-52)57(69-39-49-26-12-4-13-27-49)55(68-38-48-24-10-3-11-25-48)45-75-65(63)76-46-56-58(70-40-50-28-14-5-15-29-50)59(71-41-51-30-16-6-17-31-51)61(73-43-53-34-20-8-21-35-53)62(64(67-2)78-56)74-44-54-36-22-9-23-37-54/h3-37,55-65H,38-46H2,1-2H3/t55-,56-,57+,58-,59+,60-,61-,62-,63+,64-,65-/m1/s1. The van der Waals surface area contributed by atoms with Gasteiger partial charge in [0.25, 0.3) is 0 Å². The minimum atomic E-state index is -1.25. The van der Waals surface area contributed by atoms with E-state index in [0.29, 0.717) is 0 Å². The summed E-state index contributed by atoms with van der Waals surface area (Å²) >= 11 is 0. The highest BCUT2D eigenvalue weighted by Gasteiger charge is 2.52. The molecule has 11 atom stereocenters. The van der Waals surface area contributed by atoms with E-state index in [1.807, 2.05) is 212 Å². The van der Waals surface area contributed by atoms with E-state index in [-0.39, 0.29) is 59.5 Å². The Labute approximate surface area is 458 Å². The molecule has 0 bridgehead atoms. The third kappa shape index (κ3) is 16.6. The fourth-order valence-electron chi connectivity index (χ4n) is 9.64. The first kappa shape index (κ1) is 56.3. The molecule has 7 aromatic rings. The first-order chi connectivity index (χ1) is 38.5. The Bertz CT molecular complexity index is 2750. The number of hydrogen-bond donors (Lipinski definition) is 0. The van der Waals surface area contributed by atoms with E-state index in [9.17, 15) is 4.79 Å². The number of ether oxygens (including phenoxy) is 12. The SMILES string of the molecule is CO[C@@H]1O[C@H](CO[C@H]2OC[C@@H](OCc3ccccc3)[C@H](OCc3ccccc3)[C@@H](OCc3ccccc3)[C@@H]2OC(C)=O)[C@@H](OCc2ccccc2)[C@H](OCc2ccccc2)[C@@H](OCc2ccccc2)[C@H]1OCc1ccccc1. The number of benzene rings is 7. The lowest BCUT2D eigenvalue weighted by atomic mass is 9.99. The Morgan fingerprint density at radius 2 is 0.679 bits per heavy atom. The number of esters is 1. The van der Waals surface area contributed by atoms with E-state index < -0.39 is 73.5 Å². The average Bonchev–Trinajstić information content (AvgIpc) is 3.77. The summed E-state index contributed by atoms with van der Waals surface area (Å²) in [7, 11) is 1.58. The van der Waals surface area contributed by atoms with Gasteiger partial charge >= 0.3 is 5.97 Å². The molecule has 0 unspecified atom stereocenters. The molecule has 13 heteroatoms. The smallest absolute Gasteiger partial charge is 0.303 e. The van der Waals surface area contributed by atoms with Crippen molar-refractivity contribution in [3.63, 3.8) is 0 Å². The molecule has 0 amide bonds. The van der Waals surface area contributed by atoms with Gasteiger partial charge in [-0.2, -0.15) is 0 Å². The van der Waals surface area contributed by atoms with Gasteiger partial charge in [0.1, 0.15) is 48.8 Å². The van der Waals surface area contributed by atoms with Crippen LogP contribution in [0.2, 0.25) is 0 Å². The van der Waals surface area contributed by atoms with Crippen LogP contribution in [0.3, 0.4) is 0 Å². The lowest BCUT2D eigenvalue weighted by Gasteiger charge is -2.37. The van der Waals surface area contributed by atoms with Gasteiger partial charge in [-0.3, -0.25) is 4.79 Å². The predicted molar refractivity (Wildman–Crippen MR) is 292 cm³/mol. The van der Waals surface area contributed by atoms with Gasteiger partial charge in [0.05, 0.1) is 59.5 Å². The molecule has 7 aromatic carbocycles. The van der Waals surface area contributed by atoms with Crippen molar-refractivity contribution in [3.8, 4) is 0 Å². The zero-order valence-corrected chi connectivity index (χ0v) is 44.2. The van der Waals surface area contributed by atoms with Crippen LogP contribution in [0.4, 0.5) is 0 Å². The van der Waals surface area contributed by atoms with Gasteiger partial charge < -0.3 is 56.8 Å². The Morgan fingerprint density at radius 1 is 0.372 bits per heavy atom. The van der Waals surface area contributed by atoms with Gasteiger partial charge in [-0.15, -0.1) is 0 Å². The van der Waals surface area contributed by atoms with Crippen LogP contribution in [0, 0.1) is 0 Å². The molecule has 0 aromatic heterocycles. The van der Waals surface area contributed by atoms with Crippen molar-refractivity contribution in [1.82, 2.24) is 0 Å². The van der Waals surface area contributed by atoms with Crippen LogP contribution in [0.1, 0.15) is 45.9 Å². The molecule has 2 aliphatic rings. The Morgan fingerprint density at radius 3 is 1.04 bits per heavy atom. The van der Waals surface area contributed by atoms with E-state index >= 15 is 0 Å². The van der Waals surface area contributed by atoms with E-state index in [4.69, 9.17) is 56.8 Å². The maximum absolute atomic E-state index is 13.4. The van der Waals surface area contributed by atoms with Crippen LogP contribution in [-0.2, 0) is 108 Å². The van der Waals surface area contributed by atoms with E-state index in [0.717, 1.165) is 38.9 Å². The molecule has 2 fully saturated rings. The molecule has 2 heterocycles. The quantitative estimate of drug-likeness (QED) is 0.0478. The Hall–Kier alpha value is -6.43. The largest absolute Gasteiger partial charge is 0.454 e. The lowest BCUT2D eigenvalue weighted by Crippen LogP contribution is -2.53. The van der Waals surface area contributed by atoms with Crippen molar-refractivity contribution in [2.75, 3.05) is 20.3 Å². The molecular weight excluding hydrogens is 989 g/mol. The highest BCUT2D eigenvalue weighted by molar-refractivity contribution is 5.66. The van der Waals surface area contributed by atoms with Crippen LogP contribution < -0.4 is 0 Å². The first-order valence-corrected chi connectivity index (χ1v) is 26.6. The second-order valence-corrected chi connectivity index (χ2v) is 19.3. The fraction of sp³-hybridized carbons (Fsp3) is 0.338. The highest BCUT2D eigenvalue weighted by Crippen LogP contribution is 2.35. The summed E-state index contributed by atoms with van der Waals surface area (Å²) in [6.07, 6.45) is -10.4. The van der Waals surface area contributed by atoms with Gasteiger partial charge in [0.2, 0.25) is 0 Å². The number of carbonyl (C=O) groups excluding carboxylic acids is 1. The molecule has 408 valence electrons. The van der Waals surface area contributed by atoms with Crippen molar-refractivity contribution in [1.29, 1.82) is 0 Å². The van der Waals surface area contributed by atoms with Crippen LogP contribution in [0.15, 0.2) is 212 Å². The molecule has 78 heavy (non-hydrogen) atoms. The molecule has 0 aliphatic carbocycles. The van der Waals surface area contributed by atoms with Crippen molar-refractivity contribution in [2.45, 2.75) is 121 Å². The summed E-state index contributed by atoms with van der Waals surface area (Å²) in [6, 6.07) is 69.2. The second-order valence-electron chi connectivity index (χ2n) is 19.3. The number of carbonyl (C=O) groups is 1. The summed E-state index contributed by atoms with van der Waals surface area (Å²) < 4.78 is 82.1. The van der Waals surface area contributed by atoms with Gasteiger partial charge in [0, 0.05) is 14.0 Å². The van der Waals surface area contributed by atoms with E-state index in [1.54, 1.807) is 7.11 Å². The maximum Gasteiger partial charge on any atom is 0.303 e. The summed E-state index contributed by atoms with van der Waals surface area (Å²) in [5.41, 5.74) is 6.55. The zero-order valence-electron chi connectivity index (χ0n) is 44.2. The van der Waals surface area contributed by atoms with Crippen LogP contribution in [-0.4, -0.2) is 93.8 Å². The van der Waals surface area contributed by atoms with Gasteiger partial charge in [-0.1, -0.05) is 212 Å². The molecule has 9 rings (SSSR count). The minimum Gasteiger partial charge on any atom is -0.454 e. The summed E-state index contributed by atoms with van der Waals surface area (Å²) in [5.74, 6) is -0.573. The normalized spacial score (nSPS) is 24.4. The van der Waals surface area contributed by atoms with Crippen molar-refractivity contribution < 1.29 is 61.6 Å². The van der Waals surface area contributed by atoms with Crippen LogP contribution >= 0.6 is 0 Å². The fourth-order valence-corrected chi connectivity index (χ4v) is 9.64. The monoisotopic (exact) mass is 1060 g/mol. The molecule has 0 spiro atoms. The summed E-state index contributed by atoms with van der Waals surface area (Å²) in [5, 5.41) is 0. The third-order valence-electron chi connectivity index (χ3n) is 13.6. The Kier molecular flexibility index (Phi) is 21.7. The lowest BCUT2D eigenvalue weighted by molar-refractivity contribution is -0.268. The van der Waals surface area contributed by atoms with Crippen LogP contribution in [0.25, 0.3) is 0 Å². The van der Waals surface area contributed by atoms with Crippen molar-refractivity contribution in [2.24, 2.45) is 0 Å². The number of methoxy groups -OCH3 is 1. The molecule has 2 aliphatic heterocycles. The maximum atomic E-state index is 13.4. The van der Waals surface area contributed by atoms with Crippen molar-refractivity contribution in [3.05, 3.63) is 251 Å². The first-order valence-electron chi connectivity index (χ1n) is 26.6. The average molecular weight is 1060 g/mol. The zero-order chi connectivity index (χ0) is 53.6. The van der Waals surface area contributed by atoms with Crippen LogP contribution in [0.5, 0.6) is 0 Å². The minimum absolute atomic E-state index is 0.0202. The highest BCUT2D eigenvalue weighted by atomic mass is 16.7.